The maximum absolute atomic E-state index is 13.7. The topological polar surface area (TPSA) is 52.7 Å². The van der Waals surface area contributed by atoms with Gasteiger partial charge in [0.05, 0.1) is 0 Å². The lowest BCUT2D eigenvalue weighted by Crippen LogP contribution is -2.54. The number of piperazine rings is 1. The van der Waals surface area contributed by atoms with Crippen molar-refractivity contribution >= 4 is 11.8 Å². The zero-order valence-corrected chi connectivity index (χ0v) is 16.7. The van der Waals surface area contributed by atoms with Crippen molar-refractivity contribution in [1.82, 2.24) is 15.1 Å². The molecule has 1 aromatic carbocycles. The number of carbonyl (C=O) groups excluding carboxylic acids is 2. The first-order valence-corrected chi connectivity index (χ1v) is 9.87. The summed E-state index contributed by atoms with van der Waals surface area (Å²) in [5.74, 6) is -0.0512. The van der Waals surface area contributed by atoms with Crippen LogP contribution in [0.25, 0.3) is 0 Å². The maximum atomic E-state index is 13.7. The molecule has 27 heavy (non-hydrogen) atoms. The van der Waals surface area contributed by atoms with Gasteiger partial charge in [0.15, 0.2) is 0 Å². The van der Waals surface area contributed by atoms with Crippen LogP contribution in [0.2, 0.25) is 0 Å². The zero-order chi connectivity index (χ0) is 19.8. The summed E-state index contributed by atoms with van der Waals surface area (Å²) in [6.45, 7) is 7.22. The van der Waals surface area contributed by atoms with Gasteiger partial charge in [-0.25, -0.2) is 4.39 Å². The van der Waals surface area contributed by atoms with Crippen molar-refractivity contribution < 1.29 is 14.0 Å². The van der Waals surface area contributed by atoms with E-state index >= 15 is 0 Å². The van der Waals surface area contributed by atoms with E-state index in [-0.39, 0.29) is 17.6 Å². The van der Waals surface area contributed by atoms with E-state index in [1.807, 2.05) is 11.9 Å². The average Bonchev–Trinajstić information content (AvgIpc) is 2.62. The van der Waals surface area contributed by atoms with Crippen molar-refractivity contribution in [3.8, 4) is 0 Å². The number of carbonyl (C=O) groups is 2. The van der Waals surface area contributed by atoms with Gasteiger partial charge in [0.1, 0.15) is 11.9 Å². The minimum Gasteiger partial charge on any atom is -0.344 e. The number of nitrogens with zero attached hydrogens (tertiary/aromatic N) is 2. The quantitative estimate of drug-likeness (QED) is 0.757. The molecule has 1 aromatic rings. The number of likely N-dealkylation sites (N-methyl/N-ethyl adjacent to an activating group) is 1. The third kappa shape index (κ3) is 6.94. The molecule has 1 N–H and O–H groups in total. The van der Waals surface area contributed by atoms with Crippen molar-refractivity contribution in [3.63, 3.8) is 0 Å². The van der Waals surface area contributed by atoms with Crippen LogP contribution in [0.5, 0.6) is 0 Å². The van der Waals surface area contributed by atoms with Crippen LogP contribution in [0.4, 0.5) is 4.39 Å². The first kappa shape index (κ1) is 21.4. The number of hydrogen-bond donors (Lipinski definition) is 1. The Morgan fingerprint density at radius 3 is 2.44 bits per heavy atom. The van der Waals surface area contributed by atoms with Gasteiger partial charge in [-0.05, 0) is 43.9 Å². The van der Waals surface area contributed by atoms with E-state index in [4.69, 9.17) is 0 Å². The standard InChI is InChI=1S/C21H32FN3O2/c1-16(2)15-19(21(27)25-13-11-24(3)12-14-25)23-20(26)10-6-8-17-7-4-5-9-18(17)22/h4-5,7,9,16,19H,6,8,10-15H2,1-3H3,(H,23,26). The molecule has 2 rings (SSSR count). The molecule has 1 atom stereocenters. The SMILES string of the molecule is CC(C)CC(NC(=O)CCCc1ccccc1F)C(=O)N1CCN(C)CC1. The van der Waals surface area contributed by atoms with Crippen LogP contribution in [0.15, 0.2) is 24.3 Å². The van der Waals surface area contributed by atoms with E-state index in [2.05, 4.69) is 24.1 Å². The smallest absolute Gasteiger partial charge is 0.245 e. The van der Waals surface area contributed by atoms with Crippen LogP contribution < -0.4 is 5.32 Å². The second kappa shape index (κ2) is 10.4. The summed E-state index contributed by atoms with van der Waals surface area (Å²) >= 11 is 0. The second-order valence-electron chi connectivity index (χ2n) is 7.82. The lowest BCUT2D eigenvalue weighted by atomic mass is 10.0. The van der Waals surface area contributed by atoms with Crippen LogP contribution in [0.1, 0.15) is 38.7 Å². The van der Waals surface area contributed by atoms with E-state index in [1.54, 1.807) is 18.2 Å². The Morgan fingerprint density at radius 2 is 1.81 bits per heavy atom. The van der Waals surface area contributed by atoms with Crippen LogP contribution in [0, 0.1) is 11.7 Å². The molecule has 1 saturated heterocycles. The van der Waals surface area contributed by atoms with E-state index in [0.29, 0.717) is 50.3 Å². The van der Waals surface area contributed by atoms with Gasteiger partial charge < -0.3 is 15.1 Å². The summed E-state index contributed by atoms with van der Waals surface area (Å²) in [4.78, 5) is 29.3. The fourth-order valence-corrected chi connectivity index (χ4v) is 3.35. The second-order valence-corrected chi connectivity index (χ2v) is 7.82. The summed E-state index contributed by atoms with van der Waals surface area (Å²) < 4.78 is 13.7. The first-order chi connectivity index (χ1) is 12.9. The Bertz CT molecular complexity index is 628. The Balaban J connectivity index is 1.85. The molecule has 0 bridgehead atoms. The van der Waals surface area contributed by atoms with Gasteiger partial charge in [0.25, 0.3) is 0 Å². The predicted molar refractivity (Wildman–Crippen MR) is 105 cm³/mol. The molecule has 0 saturated carbocycles. The lowest BCUT2D eigenvalue weighted by molar-refractivity contribution is -0.138. The molecule has 0 spiro atoms. The van der Waals surface area contributed by atoms with Gasteiger partial charge in [-0.2, -0.15) is 0 Å². The van der Waals surface area contributed by atoms with Gasteiger partial charge in [-0.3, -0.25) is 9.59 Å². The van der Waals surface area contributed by atoms with Crippen LogP contribution in [-0.4, -0.2) is 60.9 Å². The minimum atomic E-state index is -0.477. The third-order valence-corrected chi connectivity index (χ3v) is 4.96. The molecule has 0 aliphatic carbocycles. The number of aryl methyl sites for hydroxylation is 1. The summed E-state index contributed by atoms with van der Waals surface area (Å²) in [7, 11) is 2.05. The molecule has 6 heteroatoms. The normalized spacial score (nSPS) is 16.4. The van der Waals surface area contributed by atoms with E-state index in [9.17, 15) is 14.0 Å². The molecule has 150 valence electrons. The van der Waals surface area contributed by atoms with Crippen LogP contribution >= 0.6 is 0 Å². The largest absolute Gasteiger partial charge is 0.344 e. The minimum absolute atomic E-state index is 0.0132. The molecule has 1 unspecified atom stereocenters. The fraction of sp³-hybridized carbons (Fsp3) is 0.619. The Morgan fingerprint density at radius 1 is 1.15 bits per heavy atom. The Hall–Kier alpha value is -1.95. The van der Waals surface area contributed by atoms with E-state index < -0.39 is 6.04 Å². The fourth-order valence-electron chi connectivity index (χ4n) is 3.35. The number of amides is 2. The van der Waals surface area contributed by atoms with E-state index in [1.165, 1.54) is 6.07 Å². The first-order valence-electron chi connectivity index (χ1n) is 9.87. The molecule has 0 radical (unpaired) electrons. The van der Waals surface area contributed by atoms with Crippen molar-refractivity contribution in [3.05, 3.63) is 35.6 Å². The number of nitrogens with one attached hydrogen (secondary N) is 1. The summed E-state index contributed by atoms with van der Waals surface area (Å²) in [6, 6.07) is 6.15. The van der Waals surface area contributed by atoms with Gasteiger partial charge in [-0.1, -0.05) is 32.0 Å². The van der Waals surface area contributed by atoms with Crippen molar-refractivity contribution in [1.29, 1.82) is 0 Å². The van der Waals surface area contributed by atoms with Crippen LogP contribution in [-0.2, 0) is 16.0 Å². The van der Waals surface area contributed by atoms with Crippen molar-refractivity contribution in [2.45, 2.75) is 45.6 Å². The average molecular weight is 378 g/mol. The Labute approximate surface area is 161 Å². The molecule has 1 fully saturated rings. The third-order valence-electron chi connectivity index (χ3n) is 4.96. The highest BCUT2D eigenvalue weighted by Crippen LogP contribution is 2.12. The lowest BCUT2D eigenvalue weighted by Gasteiger charge is -2.35. The zero-order valence-electron chi connectivity index (χ0n) is 16.7. The maximum Gasteiger partial charge on any atom is 0.245 e. The molecular weight excluding hydrogens is 345 g/mol. The summed E-state index contributed by atoms with van der Waals surface area (Å²) in [6.07, 6.45) is 1.99. The molecular formula is C21H32FN3O2. The molecule has 1 aliphatic heterocycles. The highest BCUT2D eigenvalue weighted by Gasteiger charge is 2.28. The molecule has 5 nitrogen and oxygen atoms in total. The van der Waals surface area contributed by atoms with Gasteiger partial charge in [0, 0.05) is 32.6 Å². The van der Waals surface area contributed by atoms with Crippen molar-refractivity contribution in [2.24, 2.45) is 5.92 Å². The number of halogens is 1. The van der Waals surface area contributed by atoms with Crippen LogP contribution in [0.3, 0.4) is 0 Å². The number of benzene rings is 1. The molecule has 0 aromatic heterocycles. The Kier molecular flexibility index (Phi) is 8.23. The molecule has 2 amide bonds. The predicted octanol–water partition coefficient (Wildman–Crippen LogP) is 2.45. The van der Waals surface area contributed by atoms with Crippen molar-refractivity contribution in [2.75, 3.05) is 33.2 Å². The number of hydrogen-bond acceptors (Lipinski definition) is 3. The number of rotatable bonds is 8. The highest BCUT2D eigenvalue weighted by molar-refractivity contribution is 5.87. The summed E-state index contributed by atoms with van der Waals surface area (Å²) in [5, 5.41) is 2.92. The summed E-state index contributed by atoms with van der Waals surface area (Å²) in [5.41, 5.74) is 0.623. The van der Waals surface area contributed by atoms with E-state index in [0.717, 1.165) is 13.1 Å². The highest BCUT2D eigenvalue weighted by atomic mass is 19.1. The van der Waals surface area contributed by atoms with Gasteiger partial charge >= 0.3 is 0 Å². The van der Waals surface area contributed by atoms with Gasteiger partial charge in [-0.15, -0.1) is 0 Å². The molecule has 1 aliphatic rings. The monoisotopic (exact) mass is 377 g/mol. The molecule has 1 heterocycles. The van der Waals surface area contributed by atoms with Gasteiger partial charge in [0.2, 0.25) is 11.8 Å².